The van der Waals surface area contributed by atoms with Crippen LogP contribution >= 0.6 is 0 Å². The molecule has 0 bridgehead atoms. The van der Waals surface area contributed by atoms with Gasteiger partial charge in [0.2, 0.25) is 11.8 Å². The number of carbonyl (C=O) groups excluding carboxylic acids is 3. The van der Waals surface area contributed by atoms with Crippen LogP contribution in [-0.4, -0.2) is 118 Å². The highest BCUT2D eigenvalue weighted by Crippen LogP contribution is 2.19. The highest BCUT2D eigenvalue weighted by atomic mass is 16.4. The van der Waals surface area contributed by atoms with Crippen LogP contribution in [0.2, 0.25) is 0 Å². The predicted molar refractivity (Wildman–Crippen MR) is 139 cm³/mol. The SMILES string of the molecule is CCN(CCN(CC)CC(=O)Nc1ccc(C(=O)N[C@H](C)C(=O)N2CCC[C@H]2B(O)O)cc1)CC(=O)O. The first-order chi connectivity index (χ1) is 17.5. The monoisotopic (exact) mass is 519 g/mol. The van der Waals surface area contributed by atoms with Crippen molar-refractivity contribution in [2.24, 2.45) is 0 Å². The van der Waals surface area contributed by atoms with E-state index in [1.54, 1.807) is 36.1 Å². The van der Waals surface area contributed by atoms with E-state index in [1.807, 2.05) is 18.7 Å². The van der Waals surface area contributed by atoms with Gasteiger partial charge in [-0.1, -0.05) is 13.8 Å². The molecule has 0 spiro atoms. The molecule has 1 aromatic rings. The van der Waals surface area contributed by atoms with Gasteiger partial charge in [-0.15, -0.1) is 0 Å². The summed E-state index contributed by atoms with van der Waals surface area (Å²) in [4.78, 5) is 53.8. The highest BCUT2D eigenvalue weighted by molar-refractivity contribution is 6.43. The van der Waals surface area contributed by atoms with E-state index in [-0.39, 0.29) is 24.9 Å². The summed E-state index contributed by atoms with van der Waals surface area (Å²) in [7, 11) is -1.62. The maximum atomic E-state index is 12.7. The molecule has 0 aromatic heterocycles. The molecule has 0 radical (unpaired) electrons. The topological polar surface area (TPSA) is 163 Å². The van der Waals surface area contributed by atoms with Crippen LogP contribution in [0.4, 0.5) is 5.69 Å². The smallest absolute Gasteiger partial charge is 0.475 e. The zero-order valence-electron chi connectivity index (χ0n) is 21.7. The van der Waals surface area contributed by atoms with Crippen LogP contribution in [0.3, 0.4) is 0 Å². The second-order valence-electron chi connectivity index (χ2n) is 9.11. The van der Waals surface area contributed by atoms with Gasteiger partial charge in [0.1, 0.15) is 6.04 Å². The van der Waals surface area contributed by atoms with Crippen molar-refractivity contribution in [3.8, 4) is 0 Å². The summed E-state index contributed by atoms with van der Waals surface area (Å²) in [5.41, 5.74) is 0.825. The molecule has 2 atom stereocenters. The molecule has 1 aliphatic rings. The van der Waals surface area contributed by atoms with Crippen molar-refractivity contribution in [2.75, 3.05) is 51.1 Å². The number of hydrogen-bond acceptors (Lipinski definition) is 8. The zero-order valence-corrected chi connectivity index (χ0v) is 21.7. The number of carboxylic acids is 1. The summed E-state index contributed by atoms with van der Waals surface area (Å²) in [6.45, 7) is 8.19. The van der Waals surface area contributed by atoms with Crippen LogP contribution in [0, 0.1) is 0 Å². The number of carbonyl (C=O) groups is 4. The number of likely N-dealkylation sites (N-methyl/N-ethyl adjacent to an activating group) is 2. The Hall–Kier alpha value is -3.00. The Morgan fingerprint density at radius 2 is 1.65 bits per heavy atom. The van der Waals surface area contributed by atoms with Crippen LogP contribution in [0.1, 0.15) is 44.0 Å². The summed E-state index contributed by atoms with van der Waals surface area (Å²) in [5.74, 6) is -2.63. The number of carboxylic acid groups (broad SMARTS) is 1. The first-order valence-corrected chi connectivity index (χ1v) is 12.6. The first kappa shape index (κ1) is 30.2. The van der Waals surface area contributed by atoms with Crippen LogP contribution in [0.25, 0.3) is 0 Å². The van der Waals surface area contributed by atoms with Gasteiger partial charge in [0.15, 0.2) is 0 Å². The molecule has 12 nitrogen and oxygen atoms in total. The molecular weight excluding hydrogens is 481 g/mol. The Kier molecular flexibility index (Phi) is 12.0. The molecule has 1 saturated heterocycles. The number of amides is 3. The minimum atomic E-state index is -1.62. The van der Waals surface area contributed by atoms with Crippen molar-refractivity contribution in [1.82, 2.24) is 20.0 Å². The number of aliphatic carboxylic acids is 1. The van der Waals surface area contributed by atoms with E-state index in [0.717, 1.165) is 0 Å². The van der Waals surface area contributed by atoms with Crippen LogP contribution in [0.5, 0.6) is 0 Å². The summed E-state index contributed by atoms with van der Waals surface area (Å²) < 4.78 is 0. The third kappa shape index (κ3) is 9.43. The van der Waals surface area contributed by atoms with Gasteiger partial charge in [-0.05, 0) is 57.1 Å². The zero-order chi connectivity index (χ0) is 27.5. The van der Waals surface area contributed by atoms with E-state index in [0.29, 0.717) is 56.8 Å². The maximum Gasteiger partial charge on any atom is 0.475 e. The van der Waals surface area contributed by atoms with Crippen molar-refractivity contribution in [3.63, 3.8) is 0 Å². The average molecular weight is 519 g/mol. The minimum Gasteiger partial charge on any atom is -0.480 e. The van der Waals surface area contributed by atoms with E-state index in [1.165, 1.54) is 4.90 Å². The third-order valence-corrected chi connectivity index (χ3v) is 6.43. The fraction of sp³-hybridized carbons (Fsp3) is 0.583. The number of nitrogens with one attached hydrogen (secondary N) is 2. The lowest BCUT2D eigenvalue weighted by Gasteiger charge is -2.27. The number of hydrogen-bond donors (Lipinski definition) is 5. The quantitative estimate of drug-likeness (QED) is 0.204. The molecule has 13 heteroatoms. The van der Waals surface area contributed by atoms with E-state index < -0.39 is 31.0 Å². The molecule has 204 valence electrons. The molecule has 0 saturated carbocycles. The van der Waals surface area contributed by atoms with E-state index >= 15 is 0 Å². The number of rotatable bonds is 14. The minimum absolute atomic E-state index is 0.0440. The number of anilines is 1. The lowest BCUT2D eigenvalue weighted by Crippen LogP contribution is -2.52. The number of nitrogens with zero attached hydrogens (tertiary/aromatic N) is 3. The van der Waals surface area contributed by atoms with Gasteiger partial charge >= 0.3 is 13.1 Å². The fourth-order valence-corrected chi connectivity index (χ4v) is 4.25. The lowest BCUT2D eigenvalue weighted by atomic mass is 9.78. The van der Waals surface area contributed by atoms with Crippen LogP contribution < -0.4 is 10.6 Å². The molecule has 1 heterocycles. The van der Waals surface area contributed by atoms with Crippen molar-refractivity contribution in [2.45, 2.75) is 45.6 Å². The van der Waals surface area contributed by atoms with E-state index in [2.05, 4.69) is 10.6 Å². The molecule has 0 unspecified atom stereocenters. The normalized spacial score (nSPS) is 16.1. The maximum absolute atomic E-state index is 12.7. The van der Waals surface area contributed by atoms with Crippen LogP contribution in [0.15, 0.2) is 24.3 Å². The molecule has 1 aromatic carbocycles. The highest BCUT2D eigenvalue weighted by Gasteiger charge is 2.38. The van der Waals surface area contributed by atoms with Crippen molar-refractivity contribution >= 4 is 36.5 Å². The van der Waals surface area contributed by atoms with E-state index in [9.17, 15) is 29.2 Å². The fourth-order valence-electron chi connectivity index (χ4n) is 4.25. The third-order valence-electron chi connectivity index (χ3n) is 6.43. The average Bonchev–Trinajstić information content (AvgIpc) is 3.35. The van der Waals surface area contributed by atoms with Gasteiger partial charge < -0.3 is 30.7 Å². The summed E-state index contributed by atoms with van der Waals surface area (Å²) in [6.07, 6.45) is 1.16. The molecule has 0 aliphatic carbocycles. The Morgan fingerprint density at radius 3 is 2.19 bits per heavy atom. The summed E-state index contributed by atoms with van der Waals surface area (Å²) >= 11 is 0. The van der Waals surface area contributed by atoms with Gasteiger partial charge in [-0.3, -0.25) is 29.0 Å². The van der Waals surface area contributed by atoms with Gasteiger partial charge in [0.05, 0.1) is 19.0 Å². The molecular formula is C24H38BN5O7. The largest absolute Gasteiger partial charge is 0.480 e. The van der Waals surface area contributed by atoms with Gasteiger partial charge in [0, 0.05) is 30.9 Å². The standard InChI is InChI=1S/C24H38BN5O7/c1-4-28(13-14-29(5-2)16-22(32)33)15-21(31)27-19-10-8-18(9-11-19)23(34)26-17(3)24(35)30-12-6-7-20(30)25(36)37/h8-11,17,20,36-37H,4-7,12-16H2,1-3H3,(H,26,34)(H,27,31)(H,32,33)/t17-,20+/m1/s1. The first-order valence-electron chi connectivity index (χ1n) is 12.6. The van der Waals surface area contributed by atoms with Gasteiger partial charge in [0.25, 0.3) is 5.91 Å². The second-order valence-corrected chi connectivity index (χ2v) is 9.11. The summed E-state index contributed by atoms with van der Waals surface area (Å²) in [6, 6.07) is 5.44. The second kappa shape index (κ2) is 14.7. The van der Waals surface area contributed by atoms with Crippen molar-refractivity contribution < 1.29 is 34.3 Å². The van der Waals surface area contributed by atoms with Crippen LogP contribution in [-0.2, 0) is 14.4 Å². The van der Waals surface area contributed by atoms with Crippen molar-refractivity contribution in [1.29, 1.82) is 0 Å². The Morgan fingerprint density at radius 1 is 1.05 bits per heavy atom. The lowest BCUT2D eigenvalue weighted by molar-refractivity contribution is -0.138. The molecule has 1 aliphatic heterocycles. The van der Waals surface area contributed by atoms with Gasteiger partial charge in [-0.25, -0.2) is 0 Å². The number of benzene rings is 1. The Labute approximate surface area is 217 Å². The number of likely N-dealkylation sites (tertiary alicyclic amines) is 1. The molecule has 5 N–H and O–H groups in total. The van der Waals surface area contributed by atoms with Gasteiger partial charge in [-0.2, -0.15) is 0 Å². The molecule has 3 amide bonds. The Bertz CT molecular complexity index is 931. The van der Waals surface area contributed by atoms with E-state index in [4.69, 9.17) is 5.11 Å². The molecule has 37 heavy (non-hydrogen) atoms. The Balaban J connectivity index is 1.85. The molecule has 1 fully saturated rings. The summed E-state index contributed by atoms with van der Waals surface area (Å²) in [5, 5.41) is 33.3. The molecule has 2 rings (SSSR count). The van der Waals surface area contributed by atoms with Crippen molar-refractivity contribution in [3.05, 3.63) is 29.8 Å². The predicted octanol–water partition coefficient (Wildman–Crippen LogP) is -0.525.